The molecule has 1 N–H and O–H groups in total. The molecular weight excluding hydrogens is 378 g/mol. The van der Waals surface area contributed by atoms with E-state index in [2.05, 4.69) is 16.8 Å². The molecule has 2 aromatic heterocycles. The van der Waals surface area contributed by atoms with Crippen molar-refractivity contribution in [2.75, 3.05) is 32.7 Å². The summed E-state index contributed by atoms with van der Waals surface area (Å²) in [5.74, 6) is -0.00310. The fraction of sp³-hybridized carbons (Fsp3) is 0.350. The van der Waals surface area contributed by atoms with Crippen LogP contribution in [0.4, 0.5) is 0 Å². The van der Waals surface area contributed by atoms with E-state index in [-0.39, 0.29) is 11.7 Å². The summed E-state index contributed by atoms with van der Waals surface area (Å²) in [7, 11) is 0. The molecule has 1 fully saturated rings. The molecule has 0 spiro atoms. The predicted molar refractivity (Wildman–Crippen MR) is 108 cm³/mol. The molecule has 1 saturated heterocycles. The number of likely N-dealkylation sites (N-methyl/N-ethyl adjacent to an activating group) is 1. The molecule has 4 rings (SSSR count). The van der Waals surface area contributed by atoms with Crippen molar-refractivity contribution < 1.29 is 14.3 Å². The lowest BCUT2D eigenvalue weighted by Gasteiger charge is -2.33. The second-order valence-corrected chi connectivity index (χ2v) is 7.83. The smallest absolute Gasteiger partial charge is 0.346 e. The summed E-state index contributed by atoms with van der Waals surface area (Å²) < 4.78 is 5.33. The Bertz CT molecular complexity index is 1100. The second-order valence-electron chi connectivity index (χ2n) is 6.83. The monoisotopic (exact) mass is 399 g/mol. The molecule has 0 unspecified atom stereocenters. The molecule has 1 aliphatic heterocycles. The van der Waals surface area contributed by atoms with E-state index in [1.807, 2.05) is 4.90 Å². The number of carbonyl (C=O) groups excluding carboxylic acids is 1. The standard InChI is InChI=1S/C20H21N3O4S/c1-3-22-6-8-23(9-7-22)19(25)17-12(2)21-18(28-17)15-10-13-4-5-14(24)11-16(13)27-20(15)26/h4-5,10-11,24H,3,6-9H2,1-2H3. The van der Waals surface area contributed by atoms with E-state index >= 15 is 0 Å². The number of carbonyl (C=O) groups is 1. The molecular formula is C20H21N3O4S. The minimum Gasteiger partial charge on any atom is -0.508 e. The lowest BCUT2D eigenvalue weighted by molar-refractivity contribution is 0.0647. The number of phenols is 1. The molecule has 3 aromatic rings. The number of hydrogen-bond donors (Lipinski definition) is 1. The highest BCUT2D eigenvalue weighted by Crippen LogP contribution is 2.29. The van der Waals surface area contributed by atoms with Crippen LogP contribution >= 0.6 is 11.3 Å². The van der Waals surface area contributed by atoms with E-state index in [1.54, 1.807) is 19.1 Å². The fourth-order valence-electron chi connectivity index (χ4n) is 3.37. The van der Waals surface area contributed by atoms with Gasteiger partial charge in [0.1, 0.15) is 21.2 Å². The van der Waals surface area contributed by atoms with Crippen LogP contribution in [0.2, 0.25) is 0 Å². The zero-order valence-corrected chi connectivity index (χ0v) is 16.6. The summed E-state index contributed by atoms with van der Waals surface area (Å²) in [6.45, 7) is 8.02. The molecule has 146 valence electrons. The first-order chi connectivity index (χ1) is 13.5. The number of amides is 1. The number of hydrogen-bond acceptors (Lipinski definition) is 7. The Morgan fingerprint density at radius 2 is 2.00 bits per heavy atom. The number of thiazole rings is 1. The number of aromatic hydroxyl groups is 1. The Morgan fingerprint density at radius 3 is 2.71 bits per heavy atom. The summed E-state index contributed by atoms with van der Waals surface area (Å²) in [5.41, 5.74) is 0.712. The molecule has 0 atom stereocenters. The van der Waals surface area contributed by atoms with Gasteiger partial charge in [0.25, 0.3) is 5.91 Å². The number of nitrogens with zero attached hydrogens (tertiary/aromatic N) is 3. The largest absolute Gasteiger partial charge is 0.508 e. The van der Waals surface area contributed by atoms with Crippen LogP contribution in [0.25, 0.3) is 21.5 Å². The highest BCUT2D eigenvalue weighted by molar-refractivity contribution is 7.17. The van der Waals surface area contributed by atoms with Crippen LogP contribution < -0.4 is 5.63 Å². The number of fused-ring (bicyclic) bond motifs is 1. The maximum Gasteiger partial charge on any atom is 0.346 e. The molecule has 7 nitrogen and oxygen atoms in total. The maximum atomic E-state index is 12.9. The van der Waals surface area contributed by atoms with Gasteiger partial charge in [0, 0.05) is 37.6 Å². The Morgan fingerprint density at radius 1 is 1.25 bits per heavy atom. The molecule has 0 radical (unpaired) electrons. The van der Waals surface area contributed by atoms with Gasteiger partial charge in [-0.2, -0.15) is 0 Å². The summed E-state index contributed by atoms with van der Waals surface area (Å²) in [6, 6.07) is 6.30. The Hall–Kier alpha value is -2.71. The average molecular weight is 399 g/mol. The van der Waals surface area contributed by atoms with Gasteiger partial charge < -0.3 is 19.3 Å². The van der Waals surface area contributed by atoms with Crippen molar-refractivity contribution in [1.29, 1.82) is 0 Å². The van der Waals surface area contributed by atoms with E-state index in [4.69, 9.17) is 4.42 Å². The minimum atomic E-state index is -0.539. The SMILES string of the molecule is CCN1CCN(C(=O)c2sc(-c3cc4ccc(O)cc4oc3=O)nc2C)CC1. The van der Waals surface area contributed by atoms with E-state index in [0.717, 1.165) is 19.6 Å². The van der Waals surface area contributed by atoms with Gasteiger partial charge in [-0.3, -0.25) is 4.79 Å². The highest BCUT2D eigenvalue weighted by atomic mass is 32.1. The van der Waals surface area contributed by atoms with Gasteiger partial charge in [0.05, 0.1) is 11.3 Å². The number of rotatable bonds is 3. The Labute approximate surface area is 165 Å². The topological polar surface area (TPSA) is 86.9 Å². The van der Waals surface area contributed by atoms with Crippen molar-refractivity contribution in [3.05, 3.63) is 45.3 Å². The van der Waals surface area contributed by atoms with E-state index in [1.165, 1.54) is 23.5 Å². The molecule has 1 aromatic carbocycles. The van der Waals surface area contributed by atoms with Crippen molar-refractivity contribution in [3.63, 3.8) is 0 Å². The van der Waals surface area contributed by atoms with Crippen LogP contribution in [0, 0.1) is 6.92 Å². The van der Waals surface area contributed by atoms with Crippen LogP contribution in [0.15, 0.2) is 33.5 Å². The first-order valence-electron chi connectivity index (χ1n) is 9.22. The maximum absolute atomic E-state index is 12.9. The molecule has 1 aliphatic rings. The molecule has 0 bridgehead atoms. The predicted octanol–water partition coefficient (Wildman–Crippen LogP) is 2.71. The van der Waals surface area contributed by atoms with Crippen LogP contribution in [0.3, 0.4) is 0 Å². The average Bonchev–Trinajstić information content (AvgIpc) is 3.08. The number of piperazine rings is 1. The Kier molecular flexibility index (Phi) is 4.91. The van der Waals surface area contributed by atoms with Crippen molar-refractivity contribution in [2.45, 2.75) is 13.8 Å². The van der Waals surface area contributed by atoms with Crippen LogP contribution in [0.1, 0.15) is 22.3 Å². The van der Waals surface area contributed by atoms with Crippen molar-refractivity contribution >= 4 is 28.2 Å². The van der Waals surface area contributed by atoms with Crippen LogP contribution in [-0.2, 0) is 0 Å². The summed E-state index contributed by atoms with van der Waals surface area (Å²) in [4.78, 5) is 34.6. The lowest BCUT2D eigenvalue weighted by Crippen LogP contribution is -2.48. The van der Waals surface area contributed by atoms with E-state index in [9.17, 15) is 14.7 Å². The molecule has 1 amide bonds. The van der Waals surface area contributed by atoms with E-state index < -0.39 is 5.63 Å². The number of aryl methyl sites for hydroxylation is 1. The third-order valence-corrected chi connectivity index (χ3v) is 6.23. The van der Waals surface area contributed by atoms with Crippen LogP contribution in [-0.4, -0.2) is 58.5 Å². The van der Waals surface area contributed by atoms with Gasteiger partial charge in [-0.25, -0.2) is 9.78 Å². The normalized spacial score (nSPS) is 15.3. The number of benzene rings is 1. The first kappa shape index (κ1) is 18.6. The molecule has 28 heavy (non-hydrogen) atoms. The number of phenolic OH excluding ortho intramolecular Hbond substituents is 1. The third kappa shape index (κ3) is 3.41. The van der Waals surface area contributed by atoms with Gasteiger partial charge >= 0.3 is 5.63 Å². The van der Waals surface area contributed by atoms with Crippen molar-refractivity contribution in [3.8, 4) is 16.3 Å². The van der Waals surface area contributed by atoms with Gasteiger partial charge in [-0.15, -0.1) is 11.3 Å². The summed E-state index contributed by atoms with van der Waals surface area (Å²) >= 11 is 1.22. The third-order valence-electron chi connectivity index (χ3n) is 5.05. The minimum absolute atomic E-state index is 0.0320. The fourth-order valence-corrected chi connectivity index (χ4v) is 4.41. The van der Waals surface area contributed by atoms with Gasteiger partial charge in [0.2, 0.25) is 0 Å². The Balaban J connectivity index is 1.65. The molecule has 0 saturated carbocycles. The molecule has 3 heterocycles. The summed E-state index contributed by atoms with van der Waals surface area (Å²) in [5, 5.41) is 10.7. The molecule has 0 aliphatic carbocycles. The zero-order chi connectivity index (χ0) is 19.8. The van der Waals surface area contributed by atoms with Gasteiger partial charge in [-0.1, -0.05) is 6.92 Å². The van der Waals surface area contributed by atoms with Crippen molar-refractivity contribution in [1.82, 2.24) is 14.8 Å². The quantitative estimate of drug-likeness (QED) is 0.682. The highest BCUT2D eigenvalue weighted by Gasteiger charge is 2.26. The second kappa shape index (κ2) is 7.37. The first-order valence-corrected chi connectivity index (χ1v) is 10.0. The lowest BCUT2D eigenvalue weighted by atomic mass is 10.2. The van der Waals surface area contributed by atoms with Crippen molar-refractivity contribution in [2.24, 2.45) is 0 Å². The number of aromatic nitrogens is 1. The van der Waals surface area contributed by atoms with E-state index in [0.29, 0.717) is 45.2 Å². The summed E-state index contributed by atoms with van der Waals surface area (Å²) in [6.07, 6.45) is 0. The van der Waals surface area contributed by atoms with Gasteiger partial charge in [-0.05, 0) is 31.7 Å². The van der Waals surface area contributed by atoms with Crippen LogP contribution in [0.5, 0.6) is 5.75 Å². The zero-order valence-electron chi connectivity index (χ0n) is 15.8. The molecule has 8 heteroatoms. The van der Waals surface area contributed by atoms with Gasteiger partial charge in [0.15, 0.2) is 0 Å².